The average molecular weight is 279 g/mol. The molecule has 0 atom stereocenters. The fraction of sp³-hybridized carbons (Fsp3) is 0. The van der Waals surface area contributed by atoms with Crippen LogP contribution in [0.15, 0.2) is 49.2 Å². The van der Waals surface area contributed by atoms with Crippen LogP contribution in [0.4, 0.5) is 0 Å². The van der Waals surface area contributed by atoms with Crippen molar-refractivity contribution in [1.82, 2.24) is 4.98 Å². The summed E-state index contributed by atoms with van der Waals surface area (Å²) in [5.74, 6) is 12.0. The van der Waals surface area contributed by atoms with Crippen molar-refractivity contribution in [3.8, 4) is 11.8 Å². The summed E-state index contributed by atoms with van der Waals surface area (Å²) in [5, 5.41) is 0. The first kappa shape index (κ1) is 14.2. The number of nitrogens with zero attached hydrogens (tertiary/aromatic N) is 1. The van der Waals surface area contributed by atoms with Gasteiger partial charge in [-0.25, -0.2) is 4.98 Å². The molecule has 1 aromatic heterocycles. The van der Waals surface area contributed by atoms with Crippen LogP contribution in [0.3, 0.4) is 0 Å². The van der Waals surface area contributed by atoms with Crippen molar-refractivity contribution >= 4 is 12.0 Å². The number of aromatic nitrogens is 2. The molecule has 0 bridgehead atoms. The lowest BCUT2D eigenvalue weighted by Crippen LogP contribution is -2.48. The van der Waals surface area contributed by atoms with Crippen LogP contribution in [-0.2, 0) is 0 Å². The number of carbonyl (C=O) groups is 1. The number of imidazole rings is 1. The maximum absolute atomic E-state index is 11.1. The topological polar surface area (TPSA) is 88.8 Å². The number of benzene rings is 1. The maximum Gasteiger partial charge on any atom is 0.303 e. The highest BCUT2D eigenvalue weighted by molar-refractivity contribution is 5.93. The third-order valence-corrected chi connectivity index (χ3v) is 2.75. The molecule has 2 rings (SSSR count). The Kier molecular flexibility index (Phi) is 4.22. The molecule has 5 heteroatoms. The van der Waals surface area contributed by atoms with Crippen LogP contribution in [0.2, 0.25) is 0 Å². The number of hydrogen-bond acceptors (Lipinski definition) is 2. The number of nitrogen functional groups attached to an aromatic ring is 1. The van der Waals surface area contributed by atoms with Gasteiger partial charge in [-0.3, -0.25) is 10.6 Å². The second-order valence-corrected chi connectivity index (χ2v) is 4.22. The number of amides is 1. The van der Waals surface area contributed by atoms with Gasteiger partial charge in [0.2, 0.25) is 11.6 Å². The summed E-state index contributed by atoms with van der Waals surface area (Å²) >= 11 is 0. The lowest BCUT2D eigenvalue weighted by Gasteiger charge is -1.95. The van der Waals surface area contributed by atoms with Gasteiger partial charge in [0.05, 0.1) is 0 Å². The van der Waals surface area contributed by atoms with E-state index in [0.29, 0.717) is 22.6 Å². The van der Waals surface area contributed by atoms with Gasteiger partial charge in [-0.05, 0) is 24.1 Å². The lowest BCUT2D eigenvalue weighted by atomic mass is 10.1. The number of nitrogens with one attached hydrogen (secondary N) is 1. The fourth-order valence-electron chi connectivity index (χ4n) is 1.68. The van der Waals surface area contributed by atoms with Gasteiger partial charge in [-0.2, -0.15) is 0 Å². The van der Waals surface area contributed by atoms with E-state index in [1.54, 1.807) is 48.7 Å². The molecule has 5 nitrogen and oxygen atoms in total. The van der Waals surface area contributed by atoms with Gasteiger partial charge in [0, 0.05) is 17.2 Å². The Bertz CT molecular complexity index is 775. The number of aromatic amines is 1. The van der Waals surface area contributed by atoms with Crippen LogP contribution in [0.5, 0.6) is 0 Å². The first-order valence-electron chi connectivity index (χ1n) is 6.21. The molecule has 1 amide bonds. The number of H-pyrrole nitrogens is 1. The van der Waals surface area contributed by atoms with Crippen molar-refractivity contribution in [2.75, 3.05) is 5.84 Å². The van der Waals surface area contributed by atoms with Gasteiger partial charge in [0.15, 0.2) is 0 Å². The summed E-state index contributed by atoms with van der Waals surface area (Å²) in [6.07, 6.45) is 6.91. The van der Waals surface area contributed by atoms with Gasteiger partial charge >= 0.3 is 5.82 Å². The molecule has 0 saturated carbocycles. The number of rotatable bonds is 3. The SMILES string of the molecule is C=CC=Cc1[nH]cc(C#Cc2cccc(C(N)=O)c2)[n+]1N. The van der Waals surface area contributed by atoms with E-state index in [1.165, 1.54) is 4.68 Å². The highest BCUT2D eigenvalue weighted by Crippen LogP contribution is 2.03. The van der Waals surface area contributed by atoms with E-state index < -0.39 is 5.91 Å². The number of carbonyl (C=O) groups excluding carboxylic acids is 1. The van der Waals surface area contributed by atoms with Gasteiger partial charge in [-0.15, -0.1) is 4.68 Å². The quantitative estimate of drug-likeness (QED) is 0.334. The summed E-state index contributed by atoms with van der Waals surface area (Å²) in [6.45, 7) is 3.59. The normalized spacial score (nSPS) is 10.1. The molecule has 0 aliphatic rings. The van der Waals surface area contributed by atoms with Crippen LogP contribution >= 0.6 is 0 Å². The molecule has 5 N–H and O–H groups in total. The minimum atomic E-state index is -0.481. The molecule has 0 fully saturated rings. The Morgan fingerprint density at radius 3 is 2.90 bits per heavy atom. The molecule has 1 aromatic carbocycles. The summed E-state index contributed by atoms with van der Waals surface area (Å²) < 4.78 is 1.44. The van der Waals surface area contributed by atoms with Crippen LogP contribution in [0.1, 0.15) is 27.4 Å². The van der Waals surface area contributed by atoms with Crippen LogP contribution in [0, 0.1) is 11.8 Å². The first-order chi connectivity index (χ1) is 10.1. The van der Waals surface area contributed by atoms with Crippen LogP contribution in [-0.4, -0.2) is 10.9 Å². The highest BCUT2D eigenvalue weighted by atomic mass is 16.1. The second-order valence-electron chi connectivity index (χ2n) is 4.22. The van der Waals surface area contributed by atoms with E-state index in [4.69, 9.17) is 11.6 Å². The molecule has 1 heterocycles. The molecule has 0 spiro atoms. The van der Waals surface area contributed by atoms with Crippen molar-refractivity contribution in [1.29, 1.82) is 0 Å². The molecule has 0 unspecified atom stereocenters. The third kappa shape index (κ3) is 3.39. The zero-order valence-electron chi connectivity index (χ0n) is 11.3. The fourth-order valence-corrected chi connectivity index (χ4v) is 1.68. The zero-order chi connectivity index (χ0) is 15.2. The smallest absolute Gasteiger partial charge is 0.303 e. The number of allylic oxidation sites excluding steroid dienone is 2. The lowest BCUT2D eigenvalue weighted by molar-refractivity contribution is -0.641. The van der Waals surface area contributed by atoms with Crippen molar-refractivity contribution in [2.45, 2.75) is 0 Å². The monoisotopic (exact) mass is 279 g/mol. The standard InChI is InChI=1S/C16H14N4O/c1-2-3-7-15-19-11-14(20(15)18)9-8-12-5-4-6-13(10-12)16(17)21/h2-7,10-11H,1,18H2,(H2,17,21)/p+1. The second kappa shape index (κ2) is 6.26. The number of primary amides is 1. The zero-order valence-corrected chi connectivity index (χ0v) is 11.3. The maximum atomic E-state index is 11.1. The van der Waals surface area contributed by atoms with E-state index >= 15 is 0 Å². The van der Waals surface area contributed by atoms with Crippen LogP contribution in [0.25, 0.3) is 6.08 Å². The Morgan fingerprint density at radius 2 is 2.19 bits per heavy atom. The van der Waals surface area contributed by atoms with Crippen molar-refractivity contribution in [3.05, 3.63) is 71.8 Å². The summed E-state index contributed by atoms with van der Waals surface area (Å²) in [7, 11) is 0. The largest absolute Gasteiger partial charge is 0.366 e. The molecule has 0 radical (unpaired) electrons. The van der Waals surface area contributed by atoms with Gasteiger partial charge in [0.1, 0.15) is 6.20 Å². The predicted molar refractivity (Wildman–Crippen MR) is 81.3 cm³/mol. The van der Waals surface area contributed by atoms with Gasteiger partial charge in [-0.1, -0.05) is 30.7 Å². The number of nitrogens with two attached hydrogens (primary N) is 2. The van der Waals surface area contributed by atoms with E-state index in [0.717, 1.165) is 0 Å². The molecule has 2 aromatic rings. The van der Waals surface area contributed by atoms with E-state index in [1.807, 2.05) is 0 Å². The Hall–Kier alpha value is -3.26. The Morgan fingerprint density at radius 1 is 1.38 bits per heavy atom. The summed E-state index contributed by atoms with van der Waals surface area (Å²) in [6, 6.07) is 6.81. The Labute approximate surface area is 122 Å². The minimum absolute atomic E-state index is 0.422. The first-order valence-corrected chi connectivity index (χ1v) is 6.21. The van der Waals surface area contributed by atoms with Gasteiger partial charge in [0.25, 0.3) is 0 Å². The molecular weight excluding hydrogens is 264 g/mol. The molecular formula is C16H15N4O+. The average Bonchev–Trinajstić information content (AvgIpc) is 2.84. The van der Waals surface area contributed by atoms with E-state index in [9.17, 15) is 4.79 Å². The molecule has 21 heavy (non-hydrogen) atoms. The summed E-state index contributed by atoms with van der Waals surface area (Å²) in [5.41, 5.74) is 6.96. The molecule has 0 saturated heterocycles. The minimum Gasteiger partial charge on any atom is -0.366 e. The Balaban J connectivity index is 2.29. The van der Waals surface area contributed by atoms with E-state index in [-0.39, 0.29) is 0 Å². The number of hydrogen-bond donors (Lipinski definition) is 3. The highest BCUT2D eigenvalue weighted by Gasteiger charge is 2.10. The third-order valence-electron chi connectivity index (χ3n) is 2.75. The molecule has 0 aliphatic heterocycles. The predicted octanol–water partition coefficient (Wildman–Crippen LogP) is 0.714. The van der Waals surface area contributed by atoms with Gasteiger partial charge < -0.3 is 5.73 Å². The molecule has 0 aliphatic carbocycles. The summed E-state index contributed by atoms with van der Waals surface area (Å²) in [4.78, 5) is 14.1. The molecule has 104 valence electrons. The van der Waals surface area contributed by atoms with Crippen molar-refractivity contribution in [2.24, 2.45) is 5.73 Å². The van der Waals surface area contributed by atoms with Crippen molar-refractivity contribution < 1.29 is 9.47 Å². The van der Waals surface area contributed by atoms with Crippen LogP contribution < -0.4 is 16.3 Å². The van der Waals surface area contributed by atoms with Crippen molar-refractivity contribution in [3.63, 3.8) is 0 Å². The van der Waals surface area contributed by atoms with E-state index in [2.05, 4.69) is 23.4 Å².